The molecule has 0 spiro atoms. The summed E-state index contributed by atoms with van der Waals surface area (Å²) in [5, 5.41) is 2.92. The van der Waals surface area contributed by atoms with Crippen LogP contribution < -0.4 is 5.32 Å². The number of nitrogens with zero attached hydrogens (tertiary/aromatic N) is 2. The highest BCUT2D eigenvalue weighted by Crippen LogP contribution is 2.43. The number of alkyl halides is 3. The Kier molecular flexibility index (Phi) is 5.52. The maximum Gasteiger partial charge on any atom is 0.417 e. The molecule has 9 heteroatoms. The van der Waals surface area contributed by atoms with Gasteiger partial charge in [0.2, 0.25) is 0 Å². The predicted molar refractivity (Wildman–Crippen MR) is 128 cm³/mol. The fourth-order valence-corrected chi connectivity index (χ4v) is 4.77. The topological polar surface area (TPSA) is 70.1 Å². The molecular formula is C26H23F3N4O2. The minimum absolute atomic E-state index is 0.0483. The fraction of sp³-hybridized carbons (Fsp3) is 0.231. The molecule has 35 heavy (non-hydrogen) atoms. The molecule has 1 aliphatic rings. The first kappa shape index (κ1) is 22.9. The number of carbonyl (C=O) groups excluding carboxylic acids is 2. The van der Waals surface area contributed by atoms with Gasteiger partial charge in [-0.05, 0) is 45.3 Å². The Morgan fingerprint density at radius 3 is 2.37 bits per heavy atom. The number of fused-ring (bicyclic) bond motifs is 2. The van der Waals surface area contributed by atoms with Gasteiger partial charge in [-0.15, -0.1) is 0 Å². The number of amides is 2. The third kappa shape index (κ3) is 3.91. The van der Waals surface area contributed by atoms with E-state index in [1.54, 1.807) is 35.2 Å². The van der Waals surface area contributed by atoms with Gasteiger partial charge in [-0.25, -0.2) is 0 Å². The summed E-state index contributed by atoms with van der Waals surface area (Å²) in [7, 11) is 3.85. The van der Waals surface area contributed by atoms with Crippen LogP contribution in [0.5, 0.6) is 0 Å². The van der Waals surface area contributed by atoms with Crippen molar-refractivity contribution in [2.45, 2.75) is 19.1 Å². The van der Waals surface area contributed by atoms with Crippen LogP contribution in [0.2, 0.25) is 0 Å². The number of halogens is 3. The third-order valence-electron chi connectivity index (χ3n) is 6.28. The lowest BCUT2D eigenvalue weighted by atomic mass is 9.94. The van der Waals surface area contributed by atoms with Gasteiger partial charge < -0.3 is 14.5 Å². The van der Waals surface area contributed by atoms with Gasteiger partial charge in [0.05, 0.1) is 16.7 Å². The molecule has 2 aromatic heterocycles. The maximum atomic E-state index is 14.1. The Morgan fingerprint density at radius 1 is 0.943 bits per heavy atom. The van der Waals surface area contributed by atoms with E-state index in [2.05, 4.69) is 10.3 Å². The molecule has 1 aliphatic heterocycles. The quantitative estimate of drug-likeness (QED) is 0.395. The highest BCUT2D eigenvalue weighted by atomic mass is 19.4. The van der Waals surface area contributed by atoms with E-state index >= 15 is 0 Å². The lowest BCUT2D eigenvalue weighted by molar-refractivity contribution is -0.136. The normalized spacial score (nSPS) is 14.7. The van der Waals surface area contributed by atoms with Crippen LogP contribution in [0.4, 0.5) is 13.2 Å². The zero-order chi connectivity index (χ0) is 24.9. The highest BCUT2D eigenvalue weighted by Gasteiger charge is 2.39. The number of benzene rings is 2. The van der Waals surface area contributed by atoms with Crippen LogP contribution in [0.1, 0.15) is 23.1 Å². The van der Waals surface area contributed by atoms with Crippen LogP contribution in [0.3, 0.4) is 0 Å². The number of rotatable bonds is 6. The van der Waals surface area contributed by atoms with Gasteiger partial charge in [-0.3, -0.25) is 14.9 Å². The van der Waals surface area contributed by atoms with Crippen molar-refractivity contribution in [2.75, 3.05) is 20.6 Å². The van der Waals surface area contributed by atoms with E-state index in [4.69, 9.17) is 0 Å². The summed E-state index contributed by atoms with van der Waals surface area (Å²) in [5.41, 5.74) is 0.868. The Labute approximate surface area is 199 Å². The molecule has 180 valence electrons. The van der Waals surface area contributed by atoms with Gasteiger partial charge in [0, 0.05) is 51.9 Å². The lowest BCUT2D eigenvalue weighted by Gasteiger charge is -2.12. The van der Waals surface area contributed by atoms with E-state index in [1.807, 2.05) is 31.1 Å². The van der Waals surface area contributed by atoms with E-state index in [1.165, 1.54) is 6.07 Å². The number of imide groups is 1. The second kappa shape index (κ2) is 8.42. The minimum atomic E-state index is -4.63. The number of H-pyrrole nitrogens is 1. The fourth-order valence-electron chi connectivity index (χ4n) is 4.77. The van der Waals surface area contributed by atoms with Gasteiger partial charge in [-0.1, -0.05) is 24.3 Å². The number of nitrogens with one attached hydrogen (secondary N) is 2. The first-order chi connectivity index (χ1) is 16.7. The molecule has 0 bridgehead atoms. The summed E-state index contributed by atoms with van der Waals surface area (Å²) in [6.45, 7) is 1.21. The third-order valence-corrected chi connectivity index (χ3v) is 6.28. The van der Waals surface area contributed by atoms with Gasteiger partial charge in [0.1, 0.15) is 0 Å². The average Bonchev–Trinajstić information content (AvgIpc) is 3.45. The SMILES string of the molecule is CN(C)CCCn1cc(C2=C(c3c[nH]c4ccccc34)C(=O)NC2=O)c2c(C(F)(F)F)cccc21. The smallest absolute Gasteiger partial charge is 0.361 e. The van der Waals surface area contributed by atoms with Crippen molar-refractivity contribution >= 4 is 44.8 Å². The molecule has 2 amide bonds. The number of hydrogen-bond donors (Lipinski definition) is 2. The van der Waals surface area contributed by atoms with Crippen LogP contribution in [0.15, 0.2) is 54.9 Å². The molecule has 3 heterocycles. The molecule has 5 rings (SSSR count). The number of aromatic amines is 1. The molecule has 0 atom stereocenters. The second-order valence-corrected chi connectivity index (χ2v) is 8.87. The van der Waals surface area contributed by atoms with Crippen molar-refractivity contribution in [3.05, 3.63) is 71.5 Å². The van der Waals surface area contributed by atoms with E-state index in [9.17, 15) is 22.8 Å². The summed E-state index contributed by atoms with van der Waals surface area (Å²) in [5.74, 6) is -1.34. The molecule has 2 aromatic carbocycles. The Balaban J connectivity index is 1.80. The summed E-state index contributed by atoms with van der Waals surface area (Å²) >= 11 is 0. The first-order valence-electron chi connectivity index (χ1n) is 11.2. The predicted octanol–water partition coefficient (Wildman–Crippen LogP) is 4.66. The summed E-state index contributed by atoms with van der Waals surface area (Å²) in [4.78, 5) is 31.1. The van der Waals surface area contributed by atoms with Crippen LogP contribution in [-0.2, 0) is 22.3 Å². The Morgan fingerprint density at radius 2 is 1.66 bits per heavy atom. The molecule has 0 aliphatic carbocycles. The zero-order valence-corrected chi connectivity index (χ0v) is 19.2. The average molecular weight is 480 g/mol. The van der Waals surface area contributed by atoms with Crippen molar-refractivity contribution in [3.63, 3.8) is 0 Å². The standard InChI is InChI=1S/C26H23F3N4O2/c1-32(2)11-6-12-33-14-17(21-18(26(27,28)29)8-5-10-20(21)33)23-22(24(34)31-25(23)35)16-13-30-19-9-4-3-7-15(16)19/h3-5,7-10,13-14,30H,6,11-12H2,1-2H3,(H,31,34,35). The van der Waals surface area contributed by atoms with Crippen molar-refractivity contribution in [1.29, 1.82) is 0 Å². The molecule has 6 nitrogen and oxygen atoms in total. The molecule has 0 unspecified atom stereocenters. The Hall–Kier alpha value is -3.85. The largest absolute Gasteiger partial charge is 0.417 e. The molecule has 0 radical (unpaired) electrons. The number of para-hydroxylation sites is 1. The van der Waals surface area contributed by atoms with Crippen LogP contribution >= 0.6 is 0 Å². The number of carbonyl (C=O) groups is 2. The molecular weight excluding hydrogens is 457 g/mol. The summed E-state index contributed by atoms with van der Waals surface area (Å²) < 4.78 is 44.0. The molecule has 0 saturated heterocycles. The maximum absolute atomic E-state index is 14.1. The van der Waals surface area contributed by atoms with Crippen molar-refractivity contribution in [2.24, 2.45) is 0 Å². The molecule has 4 aromatic rings. The van der Waals surface area contributed by atoms with Gasteiger partial charge in [-0.2, -0.15) is 13.2 Å². The van der Waals surface area contributed by atoms with Crippen LogP contribution in [-0.4, -0.2) is 46.9 Å². The van der Waals surface area contributed by atoms with E-state index in [0.717, 1.165) is 18.1 Å². The lowest BCUT2D eigenvalue weighted by Crippen LogP contribution is -2.22. The highest BCUT2D eigenvalue weighted by molar-refractivity contribution is 6.50. The first-order valence-corrected chi connectivity index (χ1v) is 11.2. The minimum Gasteiger partial charge on any atom is -0.361 e. The van der Waals surface area contributed by atoms with Gasteiger partial charge in [0.15, 0.2) is 0 Å². The number of aryl methyl sites for hydroxylation is 1. The second-order valence-electron chi connectivity index (χ2n) is 8.87. The van der Waals surface area contributed by atoms with Crippen LogP contribution in [0, 0.1) is 0 Å². The zero-order valence-electron chi connectivity index (χ0n) is 19.2. The van der Waals surface area contributed by atoms with Crippen molar-refractivity contribution < 1.29 is 22.8 Å². The molecule has 0 saturated carbocycles. The van der Waals surface area contributed by atoms with Crippen molar-refractivity contribution in [3.8, 4) is 0 Å². The Bertz CT molecular complexity index is 1510. The monoisotopic (exact) mass is 480 g/mol. The van der Waals surface area contributed by atoms with Gasteiger partial charge >= 0.3 is 6.18 Å². The molecule has 0 fully saturated rings. The van der Waals surface area contributed by atoms with E-state index in [-0.39, 0.29) is 22.1 Å². The summed E-state index contributed by atoms with van der Waals surface area (Å²) in [6.07, 6.45) is -0.756. The number of aromatic nitrogens is 2. The van der Waals surface area contributed by atoms with Crippen molar-refractivity contribution in [1.82, 2.24) is 19.8 Å². The van der Waals surface area contributed by atoms with Gasteiger partial charge in [0.25, 0.3) is 11.8 Å². The number of hydrogen-bond acceptors (Lipinski definition) is 3. The van der Waals surface area contributed by atoms with E-state index < -0.39 is 23.6 Å². The molecule has 2 N–H and O–H groups in total. The van der Waals surface area contributed by atoms with E-state index in [0.29, 0.717) is 29.4 Å². The summed E-state index contributed by atoms with van der Waals surface area (Å²) in [6, 6.07) is 11.2. The van der Waals surface area contributed by atoms with Crippen LogP contribution in [0.25, 0.3) is 33.0 Å².